The molecule has 2 amide bonds. The van der Waals surface area contributed by atoms with Crippen LogP contribution in [0, 0.1) is 19.8 Å². The van der Waals surface area contributed by atoms with Crippen LogP contribution in [0.25, 0.3) is 0 Å². The first-order valence-electron chi connectivity index (χ1n) is 9.89. The van der Waals surface area contributed by atoms with Gasteiger partial charge in [0.2, 0.25) is 5.95 Å². The van der Waals surface area contributed by atoms with Crippen LogP contribution in [-0.4, -0.2) is 53.6 Å². The molecular weight excluding hydrogens is 374 g/mol. The summed E-state index contributed by atoms with van der Waals surface area (Å²) < 4.78 is 0. The van der Waals surface area contributed by atoms with Crippen LogP contribution in [0.1, 0.15) is 24.2 Å². The zero-order valence-electron chi connectivity index (χ0n) is 16.4. The van der Waals surface area contributed by atoms with Gasteiger partial charge in [0, 0.05) is 54.8 Å². The Kier molecular flexibility index (Phi) is 5.40. The van der Waals surface area contributed by atoms with E-state index in [1.807, 2.05) is 54.0 Å². The van der Waals surface area contributed by atoms with Crippen LogP contribution in [0.3, 0.4) is 0 Å². The molecule has 4 rings (SSSR count). The number of halogens is 1. The number of amides is 2. The minimum Gasteiger partial charge on any atom is -0.337 e. The molecule has 1 aromatic carbocycles. The maximum atomic E-state index is 13.3. The van der Waals surface area contributed by atoms with Crippen molar-refractivity contribution in [3.05, 3.63) is 46.7 Å². The lowest BCUT2D eigenvalue weighted by atomic mass is 10.2. The van der Waals surface area contributed by atoms with Crippen LogP contribution >= 0.6 is 11.6 Å². The van der Waals surface area contributed by atoms with Gasteiger partial charge < -0.3 is 9.80 Å². The summed E-state index contributed by atoms with van der Waals surface area (Å²) in [6.45, 7) is 7.58. The highest BCUT2D eigenvalue weighted by molar-refractivity contribution is 6.30. The van der Waals surface area contributed by atoms with E-state index in [9.17, 15) is 4.79 Å². The minimum atomic E-state index is 0.0789. The summed E-state index contributed by atoms with van der Waals surface area (Å²) >= 11 is 6.03. The molecule has 0 atom stereocenters. The maximum Gasteiger partial charge on any atom is 0.324 e. The van der Waals surface area contributed by atoms with E-state index in [0.29, 0.717) is 24.0 Å². The summed E-state index contributed by atoms with van der Waals surface area (Å²) in [7, 11) is 0. The Bertz CT molecular complexity index is 824. The van der Waals surface area contributed by atoms with E-state index in [1.54, 1.807) is 0 Å². The van der Waals surface area contributed by atoms with Crippen LogP contribution in [0.2, 0.25) is 5.02 Å². The van der Waals surface area contributed by atoms with E-state index in [4.69, 9.17) is 11.6 Å². The lowest BCUT2D eigenvalue weighted by Gasteiger charge is -2.37. The Morgan fingerprint density at radius 2 is 1.68 bits per heavy atom. The SMILES string of the molecule is Cc1cc(C)nc(N2CCN(C(=O)N(CC3CC3)c3ccc(Cl)cc3)CC2)n1. The van der Waals surface area contributed by atoms with Crippen molar-refractivity contribution in [3.8, 4) is 0 Å². The molecule has 6 nitrogen and oxygen atoms in total. The highest BCUT2D eigenvalue weighted by Gasteiger charge is 2.31. The van der Waals surface area contributed by atoms with Gasteiger partial charge in [-0.15, -0.1) is 0 Å². The number of hydrogen-bond donors (Lipinski definition) is 0. The van der Waals surface area contributed by atoms with E-state index in [0.717, 1.165) is 42.7 Å². The Morgan fingerprint density at radius 1 is 1.07 bits per heavy atom. The zero-order chi connectivity index (χ0) is 19.7. The molecule has 28 heavy (non-hydrogen) atoms. The lowest BCUT2D eigenvalue weighted by molar-refractivity contribution is 0.200. The quantitative estimate of drug-likeness (QED) is 0.782. The molecule has 1 aliphatic carbocycles. The van der Waals surface area contributed by atoms with Gasteiger partial charge in [-0.3, -0.25) is 4.90 Å². The maximum absolute atomic E-state index is 13.3. The van der Waals surface area contributed by atoms with E-state index in [1.165, 1.54) is 12.8 Å². The zero-order valence-corrected chi connectivity index (χ0v) is 17.2. The molecule has 1 aliphatic heterocycles. The van der Waals surface area contributed by atoms with Gasteiger partial charge in [0.05, 0.1) is 0 Å². The molecular formula is C21H26ClN5O. The Labute approximate surface area is 171 Å². The molecule has 0 radical (unpaired) electrons. The molecule has 2 fully saturated rings. The highest BCUT2D eigenvalue weighted by Crippen LogP contribution is 2.32. The number of anilines is 2. The normalized spacial score (nSPS) is 17.0. The van der Waals surface area contributed by atoms with E-state index in [2.05, 4.69) is 14.9 Å². The number of rotatable bonds is 4. The average molecular weight is 400 g/mol. The fourth-order valence-electron chi connectivity index (χ4n) is 3.59. The molecule has 2 aromatic rings. The van der Waals surface area contributed by atoms with Gasteiger partial charge in [-0.25, -0.2) is 14.8 Å². The third kappa shape index (κ3) is 4.38. The summed E-state index contributed by atoms with van der Waals surface area (Å²) in [6, 6.07) is 9.62. The van der Waals surface area contributed by atoms with Crippen molar-refractivity contribution in [2.24, 2.45) is 5.92 Å². The first kappa shape index (κ1) is 19.0. The molecule has 0 bridgehead atoms. The van der Waals surface area contributed by atoms with Crippen molar-refractivity contribution in [3.63, 3.8) is 0 Å². The molecule has 2 heterocycles. The van der Waals surface area contributed by atoms with Gasteiger partial charge in [-0.1, -0.05) is 11.6 Å². The fraction of sp³-hybridized carbons (Fsp3) is 0.476. The molecule has 0 N–H and O–H groups in total. The average Bonchev–Trinajstić information content (AvgIpc) is 3.50. The minimum absolute atomic E-state index is 0.0789. The topological polar surface area (TPSA) is 52.6 Å². The van der Waals surface area contributed by atoms with Crippen molar-refractivity contribution in [2.75, 3.05) is 42.5 Å². The molecule has 148 valence electrons. The van der Waals surface area contributed by atoms with E-state index >= 15 is 0 Å². The number of carbonyl (C=O) groups is 1. The Hall–Kier alpha value is -2.34. The van der Waals surface area contributed by atoms with Gasteiger partial charge in [0.1, 0.15) is 0 Å². The first-order chi connectivity index (χ1) is 13.5. The van der Waals surface area contributed by atoms with Gasteiger partial charge >= 0.3 is 6.03 Å². The molecule has 0 spiro atoms. The monoisotopic (exact) mass is 399 g/mol. The second kappa shape index (κ2) is 7.95. The van der Waals surface area contributed by atoms with Crippen LogP contribution in [0.15, 0.2) is 30.3 Å². The van der Waals surface area contributed by atoms with Crippen molar-refractivity contribution in [1.29, 1.82) is 0 Å². The standard InChI is InChI=1S/C21H26ClN5O/c1-15-13-16(2)24-20(23-15)25-9-11-26(12-10-25)21(28)27(14-17-3-4-17)19-7-5-18(22)6-8-19/h5-8,13,17H,3-4,9-12,14H2,1-2H3. The summed E-state index contributed by atoms with van der Waals surface area (Å²) in [5, 5.41) is 0.685. The summed E-state index contributed by atoms with van der Waals surface area (Å²) in [5.74, 6) is 1.38. The second-order valence-electron chi connectivity index (χ2n) is 7.74. The van der Waals surface area contributed by atoms with Crippen LogP contribution in [0.5, 0.6) is 0 Å². The number of urea groups is 1. The van der Waals surface area contributed by atoms with Gasteiger partial charge in [0.15, 0.2) is 0 Å². The van der Waals surface area contributed by atoms with Crippen molar-refractivity contribution in [2.45, 2.75) is 26.7 Å². The molecule has 1 saturated heterocycles. The van der Waals surface area contributed by atoms with E-state index < -0.39 is 0 Å². The Balaban J connectivity index is 1.44. The van der Waals surface area contributed by atoms with Gasteiger partial charge in [-0.2, -0.15) is 0 Å². The second-order valence-corrected chi connectivity index (χ2v) is 8.17. The third-order valence-electron chi connectivity index (χ3n) is 5.31. The number of aryl methyl sites for hydroxylation is 2. The van der Waals surface area contributed by atoms with Crippen molar-refractivity contribution < 1.29 is 4.79 Å². The first-order valence-corrected chi connectivity index (χ1v) is 10.3. The van der Waals surface area contributed by atoms with Crippen molar-refractivity contribution >= 4 is 29.3 Å². The third-order valence-corrected chi connectivity index (χ3v) is 5.56. The summed E-state index contributed by atoms with van der Waals surface area (Å²) in [6.07, 6.45) is 2.41. The van der Waals surface area contributed by atoms with Crippen LogP contribution < -0.4 is 9.80 Å². The Morgan fingerprint density at radius 3 is 2.25 bits per heavy atom. The molecule has 7 heteroatoms. The number of aromatic nitrogens is 2. The summed E-state index contributed by atoms with van der Waals surface area (Å²) in [4.78, 5) is 28.4. The predicted octanol–water partition coefficient (Wildman–Crippen LogP) is 3.91. The molecule has 1 saturated carbocycles. The predicted molar refractivity (Wildman–Crippen MR) is 112 cm³/mol. The van der Waals surface area contributed by atoms with E-state index in [-0.39, 0.29) is 6.03 Å². The van der Waals surface area contributed by atoms with Gasteiger partial charge in [0.25, 0.3) is 0 Å². The fourth-order valence-corrected chi connectivity index (χ4v) is 3.72. The van der Waals surface area contributed by atoms with Crippen LogP contribution in [0.4, 0.5) is 16.4 Å². The number of hydrogen-bond acceptors (Lipinski definition) is 4. The molecule has 1 aromatic heterocycles. The van der Waals surface area contributed by atoms with Gasteiger partial charge in [-0.05, 0) is 62.9 Å². The summed E-state index contributed by atoms with van der Waals surface area (Å²) in [5.41, 5.74) is 2.86. The smallest absolute Gasteiger partial charge is 0.324 e. The lowest BCUT2D eigenvalue weighted by Crippen LogP contribution is -2.53. The number of piperazine rings is 1. The molecule has 0 unspecified atom stereocenters. The molecule has 2 aliphatic rings. The number of nitrogens with zero attached hydrogens (tertiary/aromatic N) is 5. The highest BCUT2D eigenvalue weighted by atomic mass is 35.5. The van der Waals surface area contributed by atoms with Crippen molar-refractivity contribution in [1.82, 2.24) is 14.9 Å². The number of carbonyl (C=O) groups excluding carboxylic acids is 1. The van der Waals surface area contributed by atoms with Crippen LogP contribution in [-0.2, 0) is 0 Å². The number of benzene rings is 1. The largest absolute Gasteiger partial charge is 0.337 e.